The minimum absolute atomic E-state index is 0. The van der Waals surface area contributed by atoms with Crippen molar-refractivity contribution in [3.05, 3.63) is 52.0 Å². The summed E-state index contributed by atoms with van der Waals surface area (Å²) in [7, 11) is -0.119. The number of para-hydroxylation sites is 1. The molecule has 1 unspecified atom stereocenters. The molecule has 2 rings (SSSR count). The quantitative estimate of drug-likeness (QED) is 0.546. The third-order valence-corrected chi connectivity index (χ3v) is 4.74. The van der Waals surface area contributed by atoms with Gasteiger partial charge in [-0.3, -0.25) is 4.79 Å². The van der Waals surface area contributed by atoms with Crippen LogP contribution >= 0.6 is 31.8 Å². The summed E-state index contributed by atoms with van der Waals surface area (Å²) in [6.07, 6.45) is 0. The second kappa shape index (κ2) is 10.3. The van der Waals surface area contributed by atoms with Crippen molar-refractivity contribution in [2.75, 3.05) is 13.2 Å². The molecule has 0 aliphatic heterocycles. The first-order chi connectivity index (χ1) is 11.1. The Morgan fingerprint density at radius 1 is 1.08 bits per heavy atom. The molecule has 2 aromatic rings. The van der Waals surface area contributed by atoms with Crippen molar-refractivity contribution in [1.29, 1.82) is 0 Å². The zero-order chi connectivity index (χ0) is 16.8. The maximum Gasteiger partial charge on any atom is 1.00 e. The summed E-state index contributed by atoms with van der Waals surface area (Å²) in [6.45, 7) is 4.82. The fourth-order valence-corrected chi connectivity index (χ4v) is 3.95. The molecule has 124 valence electrons. The van der Waals surface area contributed by atoms with Gasteiger partial charge in [0, 0.05) is 5.30 Å². The summed E-state index contributed by atoms with van der Waals surface area (Å²) in [5, 5.41) is 1.43. The predicted molar refractivity (Wildman–Crippen MR) is 98.6 cm³/mol. The number of hydrogen-bond acceptors (Lipinski definition) is 3. The summed E-state index contributed by atoms with van der Waals surface area (Å²) in [6, 6.07) is 10.7. The molecule has 0 saturated carbocycles. The van der Waals surface area contributed by atoms with Crippen LogP contribution in [0.15, 0.2) is 36.4 Å². The normalized spacial score (nSPS) is 10.5. The molecule has 1 atom stereocenters. The van der Waals surface area contributed by atoms with Crippen molar-refractivity contribution in [2.24, 2.45) is 0 Å². The molecular formula is C17H18Cl2LiO3P. The van der Waals surface area contributed by atoms with E-state index in [0.29, 0.717) is 40.3 Å². The first-order valence-corrected chi connectivity index (χ1v) is 8.97. The minimum Gasteiger partial charge on any atom is -1.00 e. The van der Waals surface area contributed by atoms with Gasteiger partial charge >= 0.3 is 18.9 Å². The maximum atomic E-state index is 12.6. The Morgan fingerprint density at radius 3 is 2.25 bits per heavy atom. The van der Waals surface area contributed by atoms with E-state index in [9.17, 15) is 4.79 Å². The Morgan fingerprint density at radius 2 is 1.67 bits per heavy atom. The number of rotatable bonds is 7. The van der Waals surface area contributed by atoms with E-state index in [0.717, 1.165) is 5.30 Å². The third-order valence-electron chi connectivity index (χ3n) is 2.99. The Bertz CT molecular complexity index is 693. The van der Waals surface area contributed by atoms with E-state index in [1.54, 1.807) is 12.1 Å². The molecule has 0 bridgehead atoms. The van der Waals surface area contributed by atoms with Gasteiger partial charge in [0.05, 0.1) is 28.8 Å². The predicted octanol–water partition coefficient (Wildman–Crippen LogP) is 2.05. The van der Waals surface area contributed by atoms with Crippen LogP contribution in [0.1, 0.15) is 25.6 Å². The summed E-state index contributed by atoms with van der Waals surface area (Å²) in [5.74, 6) is 1.26. The van der Waals surface area contributed by atoms with Gasteiger partial charge in [0.2, 0.25) is 0 Å². The Balaban J connectivity index is 0.00000288. The molecule has 0 saturated heterocycles. The van der Waals surface area contributed by atoms with E-state index >= 15 is 0 Å². The van der Waals surface area contributed by atoms with Crippen molar-refractivity contribution >= 4 is 42.6 Å². The van der Waals surface area contributed by atoms with E-state index in [2.05, 4.69) is 0 Å². The molecule has 0 aromatic heterocycles. The topological polar surface area (TPSA) is 35.5 Å². The van der Waals surface area contributed by atoms with Gasteiger partial charge in [-0.2, -0.15) is 0 Å². The minimum atomic E-state index is -0.129. The zero-order valence-corrected chi connectivity index (χ0v) is 16.4. The molecule has 0 amide bonds. The van der Waals surface area contributed by atoms with E-state index < -0.39 is 0 Å². The average molecular weight is 379 g/mol. The number of ether oxygens (including phenoxy) is 2. The van der Waals surface area contributed by atoms with Gasteiger partial charge in [-0.1, -0.05) is 41.4 Å². The number of halogens is 2. The molecule has 3 nitrogen and oxygen atoms in total. The Labute approximate surface area is 167 Å². The molecule has 0 heterocycles. The molecule has 2 aromatic carbocycles. The van der Waals surface area contributed by atoms with Crippen molar-refractivity contribution in [3.63, 3.8) is 0 Å². The fraction of sp³-hybridized carbons (Fsp3) is 0.235. The van der Waals surface area contributed by atoms with Crippen LogP contribution in [-0.4, -0.2) is 18.7 Å². The monoisotopic (exact) mass is 378 g/mol. The van der Waals surface area contributed by atoms with Crippen LogP contribution in [-0.2, 0) is 0 Å². The molecule has 0 spiro atoms. The van der Waals surface area contributed by atoms with Gasteiger partial charge in [-0.15, -0.1) is 0 Å². The van der Waals surface area contributed by atoms with Crippen LogP contribution in [0.2, 0.25) is 10.0 Å². The van der Waals surface area contributed by atoms with Crippen molar-refractivity contribution in [2.45, 2.75) is 13.8 Å². The standard InChI is InChI=1S/C17H17Cl2O3P.Li.H/c1-3-21-11-9-12(18)16(13(19)10-11)17(20)23-15-8-6-5-7-14(15)22-4-2;;/h5-10,23H,3-4H2,1-2H3;;/q;+1;-1. The molecule has 0 radical (unpaired) electrons. The first kappa shape index (κ1) is 21.4. The molecular weight excluding hydrogens is 361 g/mol. The molecule has 0 aliphatic rings. The molecule has 7 heteroatoms. The van der Waals surface area contributed by atoms with Crippen LogP contribution in [0, 0.1) is 0 Å². The summed E-state index contributed by atoms with van der Waals surface area (Å²) >= 11 is 12.4. The Hall–Kier alpha value is -0.683. The van der Waals surface area contributed by atoms with Crippen LogP contribution in [0.25, 0.3) is 0 Å². The van der Waals surface area contributed by atoms with Crippen LogP contribution in [0.5, 0.6) is 11.5 Å². The van der Waals surface area contributed by atoms with Gasteiger partial charge in [-0.05, 0) is 40.6 Å². The zero-order valence-electron chi connectivity index (χ0n) is 14.9. The van der Waals surface area contributed by atoms with Crippen LogP contribution in [0.3, 0.4) is 0 Å². The van der Waals surface area contributed by atoms with Crippen LogP contribution in [0.4, 0.5) is 0 Å². The molecule has 24 heavy (non-hydrogen) atoms. The summed E-state index contributed by atoms with van der Waals surface area (Å²) < 4.78 is 10.9. The Kier molecular flexibility index (Phi) is 9.20. The van der Waals surface area contributed by atoms with Gasteiger partial charge < -0.3 is 10.9 Å². The summed E-state index contributed by atoms with van der Waals surface area (Å²) in [5.41, 5.74) is 0.191. The SMILES string of the molecule is CCOc1cc(Cl)c(C(=O)Pc2ccccc2OCC)c(Cl)c1.[H-].[Li+]. The summed E-state index contributed by atoms with van der Waals surface area (Å²) in [4.78, 5) is 12.6. The smallest absolute Gasteiger partial charge is 1.00 e. The van der Waals surface area contributed by atoms with Gasteiger partial charge in [0.15, 0.2) is 5.52 Å². The van der Waals surface area contributed by atoms with Crippen molar-refractivity contribution in [3.8, 4) is 11.5 Å². The van der Waals surface area contributed by atoms with Gasteiger partial charge in [-0.25, -0.2) is 0 Å². The van der Waals surface area contributed by atoms with Gasteiger partial charge in [0.25, 0.3) is 0 Å². The van der Waals surface area contributed by atoms with E-state index in [-0.39, 0.29) is 34.4 Å². The number of benzene rings is 2. The van der Waals surface area contributed by atoms with Gasteiger partial charge in [0.1, 0.15) is 11.5 Å². The third kappa shape index (κ3) is 5.41. The largest absolute Gasteiger partial charge is 1.00 e. The first-order valence-electron chi connectivity index (χ1n) is 7.21. The number of carbonyl (C=O) groups is 1. The molecule has 0 N–H and O–H groups in total. The van der Waals surface area contributed by atoms with E-state index in [4.69, 9.17) is 32.7 Å². The molecule has 0 fully saturated rings. The second-order valence-electron chi connectivity index (χ2n) is 4.58. The van der Waals surface area contributed by atoms with Crippen molar-refractivity contribution in [1.82, 2.24) is 0 Å². The molecule has 0 aliphatic carbocycles. The number of carbonyl (C=O) groups excluding carboxylic acids is 1. The fourth-order valence-electron chi connectivity index (χ4n) is 2.05. The second-order valence-corrected chi connectivity index (χ2v) is 6.64. The average Bonchev–Trinajstić information content (AvgIpc) is 2.49. The van der Waals surface area contributed by atoms with Crippen molar-refractivity contribution < 1.29 is 34.6 Å². The number of hydrogen-bond donors (Lipinski definition) is 0. The van der Waals surface area contributed by atoms with Crippen LogP contribution < -0.4 is 33.6 Å². The van der Waals surface area contributed by atoms with E-state index in [1.807, 2.05) is 38.1 Å². The maximum absolute atomic E-state index is 12.6. The van der Waals surface area contributed by atoms with E-state index in [1.165, 1.54) is 0 Å².